The molecule has 5 aromatic carbocycles. The Balaban J connectivity index is 1.06. The third-order valence-corrected chi connectivity index (χ3v) is 11.1. The Morgan fingerprint density at radius 1 is 0.724 bits per heavy atom. The number of hydrogen-bond donors (Lipinski definition) is 2. The SMILES string of the molecule is CCCNC(CCCCCN(CCc1ccc(C(N)=O)cc1)C(=O)OCc1ccccc1)C1CCc2c(ccc(OCc3ccccc3)c2OCc2ccccc2)C1. The number of carbonyl (C=O) groups is 2. The fraction of sp³-hybridized carbons (Fsp3) is 0.360. The zero-order valence-electron chi connectivity index (χ0n) is 34.0. The molecule has 0 spiro atoms. The summed E-state index contributed by atoms with van der Waals surface area (Å²) in [7, 11) is 0. The molecule has 58 heavy (non-hydrogen) atoms. The van der Waals surface area contributed by atoms with E-state index in [1.165, 1.54) is 11.1 Å². The minimum Gasteiger partial charge on any atom is -0.485 e. The summed E-state index contributed by atoms with van der Waals surface area (Å²) in [6, 6.07) is 42.4. The highest BCUT2D eigenvalue weighted by Crippen LogP contribution is 2.41. The van der Waals surface area contributed by atoms with Crippen LogP contribution in [-0.2, 0) is 43.8 Å². The first-order valence-corrected chi connectivity index (χ1v) is 21.0. The molecule has 304 valence electrons. The Morgan fingerprint density at radius 3 is 2.00 bits per heavy atom. The van der Waals surface area contributed by atoms with Crippen molar-refractivity contribution in [2.45, 2.75) is 90.6 Å². The maximum Gasteiger partial charge on any atom is 0.410 e. The van der Waals surface area contributed by atoms with Gasteiger partial charge in [0.15, 0.2) is 11.5 Å². The maximum absolute atomic E-state index is 13.4. The fourth-order valence-corrected chi connectivity index (χ4v) is 7.79. The molecule has 0 saturated carbocycles. The number of primary amides is 1. The van der Waals surface area contributed by atoms with Gasteiger partial charge < -0.3 is 30.2 Å². The van der Waals surface area contributed by atoms with Crippen LogP contribution in [0.4, 0.5) is 4.79 Å². The van der Waals surface area contributed by atoms with E-state index in [-0.39, 0.29) is 12.7 Å². The molecule has 0 radical (unpaired) electrons. The number of nitrogens with zero attached hydrogens (tertiary/aromatic N) is 1. The van der Waals surface area contributed by atoms with Gasteiger partial charge in [-0.3, -0.25) is 4.79 Å². The molecule has 0 fully saturated rings. The van der Waals surface area contributed by atoms with Crippen molar-refractivity contribution in [3.05, 3.63) is 166 Å². The van der Waals surface area contributed by atoms with Crippen molar-refractivity contribution < 1.29 is 23.8 Å². The van der Waals surface area contributed by atoms with Crippen LogP contribution in [0.15, 0.2) is 127 Å². The van der Waals surface area contributed by atoms with Gasteiger partial charge in [-0.05, 0) is 103 Å². The first kappa shape index (κ1) is 42.0. The molecule has 5 aromatic rings. The van der Waals surface area contributed by atoms with Crippen molar-refractivity contribution >= 4 is 12.0 Å². The molecule has 8 heteroatoms. The van der Waals surface area contributed by atoms with E-state index in [0.29, 0.717) is 50.2 Å². The Bertz CT molecular complexity index is 1990. The van der Waals surface area contributed by atoms with Crippen LogP contribution in [-0.4, -0.2) is 42.6 Å². The standard InChI is InChI=1S/C50H59N3O5/c1-2-31-52-46(21-13-6-14-32-53(50(55)58-37-41-19-11-5-12-20-41)33-30-38-22-24-42(25-23-38)49(51)54)44-26-28-45-43(34-44)27-29-47(56-35-39-15-7-3-8-16-39)48(45)57-36-40-17-9-4-10-18-40/h3-5,7-12,15-20,22-25,27,29,44,46,52H,2,6,13-14,21,26,28,30-37H2,1H3,(H2,51,54). The zero-order chi connectivity index (χ0) is 40.4. The Morgan fingerprint density at radius 2 is 1.36 bits per heavy atom. The number of amides is 2. The highest BCUT2D eigenvalue weighted by atomic mass is 16.6. The molecule has 6 rings (SSSR count). The summed E-state index contributed by atoms with van der Waals surface area (Å²) < 4.78 is 18.8. The Labute approximate surface area is 344 Å². The Kier molecular flexibility index (Phi) is 16.2. The molecule has 8 nitrogen and oxygen atoms in total. The van der Waals surface area contributed by atoms with E-state index in [1.807, 2.05) is 83.8 Å². The highest BCUT2D eigenvalue weighted by Gasteiger charge is 2.29. The number of ether oxygens (including phenoxy) is 3. The predicted molar refractivity (Wildman–Crippen MR) is 231 cm³/mol. The number of hydrogen-bond acceptors (Lipinski definition) is 6. The van der Waals surface area contributed by atoms with Crippen molar-refractivity contribution in [3.63, 3.8) is 0 Å². The predicted octanol–water partition coefficient (Wildman–Crippen LogP) is 9.86. The fourth-order valence-electron chi connectivity index (χ4n) is 7.79. The third-order valence-electron chi connectivity index (χ3n) is 11.1. The quantitative estimate of drug-likeness (QED) is 0.0678. The van der Waals surface area contributed by atoms with E-state index in [1.54, 1.807) is 12.1 Å². The average molecular weight is 782 g/mol. The number of benzene rings is 5. The molecule has 0 saturated heterocycles. The smallest absolute Gasteiger partial charge is 0.410 e. The van der Waals surface area contributed by atoms with Crippen LogP contribution in [0.3, 0.4) is 0 Å². The summed E-state index contributed by atoms with van der Waals surface area (Å²) in [6.07, 6.45) is 8.54. The normalized spacial score (nSPS) is 13.9. The van der Waals surface area contributed by atoms with Crippen LogP contribution >= 0.6 is 0 Å². The summed E-state index contributed by atoms with van der Waals surface area (Å²) in [6.45, 7) is 5.60. The van der Waals surface area contributed by atoms with E-state index in [4.69, 9.17) is 19.9 Å². The van der Waals surface area contributed by atoms with Crippen LogP contribution in [0.1, 0.15) is 89.2 Å². The van der Waals surface area contributed by atoms with Crippen molar-refractivity contribution in [2.24, 2.45) is 11.7 Å². The zero-order valence-corrected chi connectivity index (χ0v) is 34.0. The monoisotopic (exact) mass is 781 g/mol. The van der Waals surface area contributed by atoms with Crippen molar-refractivity contribution in [2.75, 3.05) is 19.6 Å². The average Bonchev–Trinajstić information content (AvgIpc) is 3.27. The highest BCUT2D eigenvalue weighted by molar-refractivity contribution is 5.92. The number of fused-ring (bicyclic) bond motifs is 1. The van der Waals surface area contributed by atoms with Crippen LogP contribution < -0.4 is 20.5 Å². The lowest BCUT2D eigenvalue weighted by atomic mass is 9.78. The first-order valence-electron chi connectivity index (χ1n) is 21.0. The summed E-state index contributed by atoms with van der Waals surface area (Å²) in [4.78, 5) is 26.7. The van der Waals surface area contributed by atoms with Gasteiger partial charge in [-0.2, -0.15) is 0 Å². The molecule has 0 aliphatic heterocycles. The molecule has 0 bridgehead atoms. The number of nitrogens with two attached hydrogens (primary N) is 1. The van der Waals surface area contributed by atoms with Crippen LogP contribution in [0.25, 0.3) is 0 Å². The lowest BCUT2D eigenvalue weighted by Gasteiger charge is -2.33. The van der Waals surface area contributed by atoms with Crippen LogP contribution in [0.2, 0.25) is 0 Å². The molecule has 2 unspecified atom stereocenters. The first-order chi connectivity index (χ1) is 28.5. The number of nitrogens with one attached hydrogen (secondary N) is 1. The molecule has 1 aliphatic carbocycles. The van der Waals surface area contributed by atoms with Crippen molar-refractivity contribution in [1.29, 1.82) is 0 Å². The lowest BCUT2D eigenvalue weighted by Crippen LogP contribution is -2.39. The summed E-state index contributed by atoms with van der Waals surface area (Å²) >= 11 is 0. The van der Waals surface area contributed by atoms with Crippen LogP contribution in [0.5, 0.6) is 11.5 Å². The van der Waals surface area contributed by atoms with Gasteiger partial charge in [0.25, 0.3) is 0 Å². The molecule has 3 N–H and O–H groups in total. The third kappa shape index (κ3) is 12.7. The van der Waals surface area contributed by atoms with Gasteiger partial charge in [-0.25, -0.2) is 4.79 Å². The van der Waals surface area contributed by atoms with Crippen molar-refractivity contribution in [3.8, 4) is 11.5 Å². The van der Waals surface area contributed by atoms with Gasteiger partial charge in [0.05, 0.1) is 0 Å². The largest absolute Gasteiger partial charge is 0.485 e. The second kappa shape index (κ2) is 22.4. The number of rotatable bonds is 22. The van der Waals surface area contributed by atoms with Gasteiger partial charge in [0.2, 0.25) is 5.91 Å². The van der Waals surface area contributed by atoms with E-state index in [9.17, 15) is 9.59 Å². The molecule has 2 amide bonds. The molecule has 2 atom stereocenters. The summed E-state index contributed by atoms with van der Waals surface area (Å²) in [5.74, 6) is 1.75. The number of carbonyl (C=O) groups excluding carboxylic acids is 2. The molecular formula is C50H59N3O5. The minimum absolute atomic E-state index is 0.238. The number of unbranched alkanes of at least 4 members (excludes halogenated alkanes) is 2. The summed E-state index contributed by atoms with van der Waals surface area (Å²) in [5.41, 5.74) is 12.8. The molecule has 0 aromatic heterocycles. The van der Waals surface area contributed by atoms with Gasteiger partial charge in [-0.15, -0.1) is 0 Å². The van der Waals surface area contributed by atoms with E-state index < -0.39 is 5.91 Å². The van der Waals surface area contributed by atoms with Gasteiger partial charge >= 0.3 is 6.09 Å². The van der Waals surface area contributed by atoms with Crippen LogP contribution in [0, 0.1) is 5.92 Å². The van der Waals surface area contributed by atoms with Gasteiger partial charge in [0.1, 0.15) is 19.8 Å². The van der Waals surface area contributed by atoms with Gasteiger partial charge in [-0.1, -0.05) is 129 Å². The van der Waals surface area contributed by atoms with Gasteiger partial charge in [0, 0.05) is 30.3 Å². The second-order valence-corrected chi connectivity index (χ2v) is 15.3. The molecule has 1 aliphatic rings. The Hall–Kier alpha value is -5.60. The van der Waals surface area contributed by atoms with Crippen molar-refractivity contribution in [1.82, 2.24) is 10.2 Å². The van der Waals surface area contributed by atoms with E-state index in [0.717, 1.165) is 91.7 Å². The topological polar surface area (TPSA) is 103 Å². The molecule has 0 heterocycles. The maximum atomic E-state index is 13.4. The summed E-state index contributed by atoms with van der Waals surface area (Å²) in [5, 5.41) is 3.91. The van der Waals surface area contributed by atoms with E-state index in [2.05, 4.69) is 48.6 Å². The minimum atomic E-state index is -0.449. The second-order valence-electron chi connectivity index (χ2n) is 15.3. The van der Waals surface area contributed by atoms with E-state index >= 15 is 0 Å². The molecular weight excluding hydrogens is 723 g/mol. The lowest BCUT2D eigenvalue weighted by molar-refractivity contribution is 0.0956.